The number of halogens is 2. The molecule has 0 saturated heterocycles. The maximum atomic E-state index is 11.0. The Morgan fingerprint density at radius 1 is 0.500 bits per heavy atom. The summed E-state index contributed by atoms with van der Waals surface area (Å²) in [5, 5.41) is 0. The summed E-state index contributed by atoms with van der Waals surface area (Å²) in [6.07, 6.45) is 5.70. The van der Waals surface area contributed by atoms with E-state index in [0.717, 1.165) is 25.7 Å². The summed E-state index contributed by atoms with van der Waals surface area (Å²) >= 11 is -2.78. The minimum absolute atomic E-state index is 0. The molecule has 8 nitrogen and oxygen atoms in total. The van der Waals surface area contributed by atoms with Crippen LogP contribution < -0.4 is 38.0 Å². The molecule has 0 radical (unpaired) electrons. The first-order valence-corrected chi connectivity index (χ1v) is 16.2. The van der Waals surface area contributed by atoms with Crippen molar-refractivity contribution in [3.8, 4) is 0 Å². The van der Waals surface area contributed by atoms with E-state index in [9.17, 15) is 19.2 Å². The number of hydrogen-bond donors (Lipinski definition) is 4. The van der Waals surface area contributed by atoms with Crippen molar-refractivity contribution in [1.29, 1.82) is 0 Å². The van der Waals surface area contributed by atoms with Crippen LogP contribution in [0, 0.1) is 0 Å². The van der Waals surface area contributed by atoms with Gasteiger partial charge in [-0.05, 0) is 0 Å². The van der Waals surface area contributed by atoms with Crippen molar-refractivity contribution < 1.29 is 91.0 Å². The molecule has 0 aromatic rings. The molecule has 12 heteroatoms. The van der Waals surface area contributed by atoms with Crippen LogP contribution in [0.4, 0.5) is 0 Å². The van der Waals surface area contributed by atoms with E-state index in [2.05, 4.69) is 13.2 Å². The molecule has 4 N–H and O–H groups in total. The number of rotatable bonds is 12. The van der Waals surface area contributed by atoms with Gasteiger partial charge in [0.15, 0.2) is 0 Å². The SMILES string of the molecule is CCCC(=O)[NH][Hf+][NH]C(=O)CCC.CCCC(=O)[NH][Hf+][NH]C(=O)CCC.[Cl-].[Cl-]. The quantitative estimate of drug-likeness (QED) is 0.150. The fourth-order valence-corrected chi connectivity index (χ4v) is 5.75. The van der Waals surface area contributed by atoms with Gasteiger partial charge in [-0.25, -0.2) is 0 Å². The molecule has 0 fully saturated rings. The second-order valence-electron chi connectivity index (χ2n) is 5.44. The van der Waals surface area contributed by atoms with Gasteiger partial charge in [-0.1, -0.05) is 0 Å². The van der Waals surface area contributed by atoms with Crippen LogP contribution in [0.25, 0.3) is 0 Å². The molecule has 0 heterocycles. The monoisotopic (exact) mass is 774 g/mol. The van der Waals surface area contributed by atoms with Crippen molar-refractivity contribution in [1.82, 2.24) is 13.2 Å². The number of amides is 4. The Bertz CT molecular complexity index is 359. The van der Waals surface area contributed by atoms with Gasteiger partial charge in [0.25, 0.3) is 0 Å². The second-order valence-corrected chi connectivity index (χ2v) is 10.8. The molecule has 0 aromatic heterocycles. The van der Waals surface area contributed by atoms with E-state index in [1.54, 1.807) is 0 Å². The molecule has 0 bridgehead atoms. The minimum Gasteiger partial charge on any atom is -1.00 e. The van der Waals surface area contributed by atoms with E-state index in [1.807, 2.05) is 27.7 Å². The van der Waals surface area contributed by atoms with Crippen LogP contribution in [-0.4, -0.2) is 23.6 Å². The molecule has 4 amide bonds. The first-order chi connectivity index (χ1) is 12.4. The Labute approximate surface area is 205 Å². The summed E-state index contributed by atoms with van der Waals surface area (Å²) in [5.74, 6) is 0.288. The Hall–Kier alpha value is 0.200. The fourth-order valence-electron chi connectivity index (χ4n) is 1.50. The van der Waals surface area contributed by atoms with Crippen molar-refractivity contribution in [2.24, 2.45) is 0 Å². The Kier molecular flexibility index (Phi) is 34.6. The van der Waals surface area contributed by atoms with Crippen LogP contribution in [0.1, 0.15) is 79.1 Å². The molecule has 0 aromatic carbocycles. The zero-order valence-corrected chi connectivity index (χ0v) is 25.7. The topological polar surface area (TPSA) is 116 Å². The maximum absolute atomic E-state index is 11.0. The fraction of sp³-hybridized carbons (Fsp3) is 0.750. The van der Waals surface area contributed by atoms with E-state index < -0.39 is 47.0 Å². The van der Waals surface area contributed by atoms with Gasteiger partial charge in [-0.15, -0.1) is 0 Å². The van der Waals surface area contributed by atoms with Crippen molar-refractivity contribution in [3.05, 3.63) is 0 Å². The van der Waals surface area contributed by atoms with Crippen molar-refractivity contribution >= 4 is 23.6 Å². The molecule has 0 aliphatic heterocycles. The summed E-state index contributed by atoms with van der Waals surface area (Å²) in [7, 11) is 0. The van der Waals surface area contributed by atoms with E-state index in [0.29, 0.717) is 25.7 Å². The van der Waals surface area contributed by atoms with Gasteiger partial charge >= 0.3 is 182 Å². The number of nitrogens with one attached hydrogen (secondary N) is 4. The van der Waals surface area contributed by atoms with Crippen molar-refractivity contribution in [3.63, 3.8) is 0 Å². The Morgan fingerprint density at radius 3 is 0.821 bits per heavy atom. The van der Waals surface area contributed by atoms with Crippen molar-refractivity contribution in [2.45, 2.75) is 79.1 Å². The minimum atomic E-state index is -1.39. The molecule has 0 unspecified atom stereocenters. The second kappa shape index (κ2) is 27.2. The molecule has 0 aliphatic rings. The standard InChI is InChI=1S/4C4H9NO.2ClH.2Hf/c4*1-2-3-4(5)6;;;;/h4*2-3H2,1H3,(H2,5,6);2*1H;;/q;;;;;;2*+3/p-6. The van der Waals surface area contributed by atoms with Gasteiger partial charge in [-0.2, -0.15) is 0 Å². The van der Waals surface area contributed by atoms with Crippen LogP contribution in [0.3, 0.4) is 0 Å². The third kappa shape index (κ3) is 28.4. The van der Waals surface area contributed by atoms with Gasteiger partial charge in [-0.3, -0.25) is 0 Å². The average Bonchev–Trinajstić information content (AvgIpc) is 2.56. The summed E-state index contributed by atoms with van der Waals surface area (Å²) in [6, 6.07) is 0. The van der Waals surface area contributed by atoms with Crippen LogP contribution in [0.15, 0.2) is 0 Å². The molecular formula is C16H32Cl2Hf2N4O4. The number of carbonyl (C=O) groups is 4. The first kappa shape index (κ1) is 35.6. The average molecular weight is 772 g/mol. The first-order valence-electron chi connectivity index (χ1n) is 9.06. The van der Waals surface area contributed by atoms with Gasteiger partial charge in [0.1, 0.15) is 0 Å². The van der Waals surface area contributed by atoms with Crippen LogP contribution in [0.2, 0.25) is 0 Å². The Morgan fingerprint density at radius 2 is 0.679 bits per heavy atom. The predicted octanol–water partition coefficient (Wildman–Crippen LogP) is -4.53. The molecule has 28 heavy (non-hydrogen) atoms. The van der Waals surface area contributed by atoms with E-state index in [1.165, 1.54) is 0 Å². The van der Waals surface area contributed by atoms with Gasteiger partial charge in [0.05, 0.1) is 0 Å². The number of carbonyl (C=O) groups excluding carboxylic acids is 4. The van der Waals surface area contributed by atoms with Crippen LogP contribution in [0.5, 0.6) is 0 Å². The van der Waals surface area contributed by atoms with E-state index in [-0.39, 0.29) is 48.4 Å². The summed E-state index contributed by atoms with van der Waals surface area (Å²) in [4.78, 5) is 43.9. The summed E-state index contributed by atoms with van der Waals surface area (Å²) in [5.41, 5.74) is 0. The summed E-state index contributed by atoms with van der Waals surface area (Å²) < 4.78 is 11.2. The Balaban J connectivity index is -0.000000192. The summed E-state index contributed by atoms with van der Waals surface area (Å²) in [6.45, 7) is 7.85. The molecule has 0 atom stereocenters. The smallest absolute Gasteiger partial charge is 1.00 e. The number of hydrogen-bond acceptors (Lipinski definition) is 4. The van der Waals surface area contributed by atoms with Gasteiger partial charge < -0.3 is 24.8 Å². The predicted molar refractivity (Wildman–Crippen MR) is 92.2 cm³/mol. The van der Waals surface area contributed by atoms with Crippen molar-refractivity contribution in [2.75, 3.05) is 0 Å². The maximum Gasteiger partial charge on any atom is -1.00 e. The third-order valence-corrected chi connectivity index (χ3v) is 8.52. The molecular weight excluding hydrogens is 740 g/mol. The molecule has 0 aliphatic carbocycles. The van der Waals surface area contributed by atoms with Gasteiger partial charge in [0.2, 0.25) is 0 Å². The molecule has 0 rings (SSSR count). The van der Waals surface area contributed by atoms with Gasteiger partial charge in [0, 0.05) is 0 Å². The zero-order chi connectivity index (χ0) is 20.2. The third-order valence-electron chi connectivity index (χ3n) is 2.72. The molecule has 0 spiro atoms. The molecule has 162 valence electrons. The largest absolute Gasteiger partial charge is 1.00 e. The van der Waals surface area contributed by atoms with E-state index >= 15 is 0 Å². The van der Waals surface area contributed by atoms with Crippen LogP contribution >= 0.6 is 0 Å². The normalized spacial score (nSPS) is 8.14. The zero-order valence-electron chi connectivity index (χ0n) is 17.0. The van der Waals surface area contributed by atoms with Crippen LogP contribution in [-0.2, 0) is 66.1 Å². The van der Waals surface area contributed by atoms with E-state index in [4.69, 9.17) is 0 Å². The molecule has 0 saturated carbocycles.